The fourth-order valence-corrected chi connectivity index (χ4v) is 3.69. The molecular formula is C23H22O12. The van der Waals surface area contributed by atoms with Crippen LogP contribution in [0.15, 0.2) is 45.6 Å². The Kier molecular flexibility index (Phi) is 6.65. The van der Waals surface area contributed by atoms with E-state index in [1.54, 1.807) is 0 Å². The number of benzene rings is 2. The first-order valence-electron chi connectivity index (χ1n) is 10.4. The van der Waals surface area contributed by atoms with E-state index in [0.29, 0.717) is 0 Å². The molecule has 2 heterocycles. The number of aliphatic hydroxyl groups is 4. The van der Waals surface area contributed by atoms with Gasteiger partial charge in [0.05, 0.1) is 6.61 Å². The standard InChI is InChI=1S/C23H22O12/c1-9(25)32-12-4-2-10(3-5-12)21-22(18(29)16-13(27)6-11(26)7-14(16)33-21)35-23-20(31)19(30)17(28)15(8-24)34-23/h2-7,15,17,19-20,23-24,26-28,30-31H,8H2,1H3/t15-,17-,19+,20-,23+/m1/s1. The normalized spacial score (nSPS) is 24.3. The number of carbonyl (C=O) groups is 1. The number of hydrogen-bond donors (Lipinski definition) is 6. The minimum Gasteiger partial charge on any atom is -0.508 e. The molecule has 0 saturated carbocycles. The fraction of sp³-hybridized carbons (Fsp3) is 0.304. The fourth-order valence-electron chi connectivity index (χ4n) is 3.69. The minimum absolute atomic E-state index is 0.187. The summed E-state index contributed by atoms with van der Waals surface area (Å²) in [5, 5.41) is 59.6. The molecule has 4 rings (SSSR count). The number of fused-ring (bicyclic) bond motifs is 1. The number of esters is 1. The van der Waals surface area contributed by atoms with Gasteiger partial charge >= 0.3 is 5.97 Å². The third kappa shape index (κ3) is 4.65. The van der Waals surface area contributed by atoms with Gasteiger partial charge < -0.3 is 49.3 Å². The number of phenolic OH excluding ortho intramolecular Hbond substituents is 2. The molecule has 1 saturated heterocycles. The topological polar surface area (TPSA) is 196 Å². The molecule has 186 valence electrons. The van der Waals surface area contributed by atoms with Crippen molar-refractivity contribution >= 4 is 16.9 Å². The van der Waals surface area contributed by atoms with Crippen LogP contribution in [0.5, 0.6) is 23.0 Å². The first-order chi connectivity index (χ1) is 16.6. The second-order valence-corrected chi connectivity index (χ2v) is 7.86. The lowest BCUT2D eigenvalue weighted by Gasteiger charge is -2.39. The number of aliphatic hydroxyl groups excluding tert-OH is 4. The van der Waals surface area contributed by atoms with E-state index in [1.807, 2.05) is 0 Å². The Labute approximate surface area is 196 Å². The van der Waals surface area contributed by atoms with Crippen LogP contribution in [0.2, 0.25) is 0 Å². The molecule has 0 amide bonds. The van der Waals surface area contributed by atoms with E-state index in [-0.39, 0.29) is 33.8 Å². The van der Waals surface area contributed by atoms with Crippen molar-refractivity contribution < 1.29 is 54.1 Å². The predicted molar refractivity (Wildman–Crippen MR) is 117 cm³/mol. The van der Waals surface area contributed by atoms with Gasteiger partial charge in [-0.15, -0.1) is 0 Å². The molecule has 12 heteroatoms. The highest BCUT2D eigenvalue weighted by Gasteiger charge is 2.45. The summed E-state index contributed by atoms with van der Waals surface area (Å²) in [7, 11) is 0. The van der Waals surface area contributed by atoms with Gasteiger partial charge in [-0.2, -0.15) is 0 Å². The highest BCUT2D eigenvalue weighted by molar-refractivity contribution is 5.88. The van der Waals surface area contributed by atoms with E-state index in [2.05, 4.69) is 0 Å². The summed E-state index contributed by atoms with van der Waals surface area (Å²) in [5.41, 5.74) is -0.852. The van der Waals surface area contributed by atoms with E-state index < -0.39 is 60.2 Å². The minimum atomic E-state index is -1.82. The third-order valence-electron chi connectivity index (χ3n) is 5.38. The van der Waals surface area contributed by atoms with E-state index in [0.717, 1.165) is 12.1 Å². The van der Waals surface area contributed by atoms with Gasteiger partial charge in [-0.1, -0.05) is 0 Å². The number of carbonyl (C=O) groups excluding carboxylic acids is 1. The van der Waals surface area contributed by atoms with Crippen LogP contribution in [0.25, 0.3) is 22.3 Å². The second kappa shape index (κ2) is 9.52. The lowest BCUT2D eigenvalue weighted by Crippen LogP contribution is -2.60. The molecule has 12 nitrogen and oxygen atoms in total. The van der Waals surface area contributed by atoms with Gasteiger partial charge in [0.1, 0.15) is 52.6 Å². The summed E-state index contributed by atoms with van der Waals surface area (Å²) in [6.45, 7) is 0.503. The lowest BCUT2D eigenvalue weighted by molar-refractivity contribution is -0.277. The summed E-state index contributed by atoms with van der Waals surface area (Å²) < 4.78 is 21.7. The number of phenols is 2. The zero-order chi connectivity index (χ0) is 25.4. The summed E-state index contributed by atoms with van der Waals surface area (Å²) >= 11 is 0. The molecule has 2 aromatic carbocycles. The first kappa shape index (κ1) is 24.4. The third-order valence-corrected chi connectivity index (χ3v) is 5.38. The molecular weight excluding hydrogens is 468 g/mol. The van der Waals surface area contributed by atoms with Crippen LogP contribution in [0, 0.1) is 0 Å². The Morgan fingerprint density at radius 2 is 1.71 bits per heavy atom. The van der Waals surface area contributed by atoms with Gasteiger partial charge in [0, 0.05) is 24.6 Å². The maximum Gasteiger partial charge on any atom is 0.308 e. The lowest BCUT2D eigenvalue weighted by atomic mass is 9.99. The number of ether oxygens (including phenoxy) is 3. The van der Waals surface area contributed by atoms with Crippen LogP contribution >= 0.6 is 0 Å². The van der Waals surface area contributed by atoms with E-state index in [1.165, 1.54) is 31.2 Å². The van der Waals surface area contributed by atoms with Crippen molar-refractivity contribution in [2.75, 3.05) is 6.61 Å². The molecule has 1 aliphatic heterocycles. The Morgan fingerprint density at radius 3 is 2.34 bits per heavy atom. The maximum atomic E-state index is 13.4. The summed E-state index contributed by atoms with van der Waals surface area (Å²) in [4.78, 5) is 24.5. The van der Waals surface area contributed by atoms with Gasteiger partial charge in [-0.05, 0) is 24.3 Å². The monoisotopic (exact) mass is 490 g/mol. The highest BCUT2D eigenvalue weighted by Crippen LogP contribution is 2.37. The van der Waals surface area contributed by atoms with Crippen LogP contribution in [0.1, 0.15) is 6.92 Å². The summed E-state index contributed by atoms with van der Waals surface area (Å²) in [6, 6.07) is 7.72. The summed E-state index contributed by atoms with van der Waals surface area (Å²) in [6.07, 6.45) is -8.26. The van der Waals surface area contributed by atoms with Crippen molar-refractivity contribution in [3.8, 4) is 34.3 Å². The molecule has 1 fully saturated rings. The van der Waals surface area contributed by atoms with Crippen LogP contribution in [0.4, 0.5) is 0 Å². The molecule has 1 aromatic heterocycles. The predicted octanol–water partition coefficient (Wildman–Crippen LogP) is -0.0248. The van der Waals surface area contributed by atoms with Gasteiger partial charge in [-0.3, -0.25) is 9.59 Å². The van der Waals surface area contributed by atoms with Crippen LogP contribution in [-0.4, -0.2) is 73.9 Å². The van der Waals surface area contributed by atoms with Crippen molar-refractivity contribution in [2.24, 2.45) is 0 Å². The Balaban J connectivity index is 1.85. The van der Waals surface area contributed by atoms with Gasteiger partial charge in [0.2, 0.25) is 17.5 Å². The Bertz CT molecular complexity index is 1300. The van der Waals surface area contributed by atoms with Gasteiger partial charge in [-0.25, -0.2) is 0 Å². The molecule has 0 radical (unpaired) electrons. The van der Waals surface area contributed by atoms with Crippen molar-refractivity contribution in [3.05, 3.63) is 46.6 Å². The molecule has 0 spiro atoms. The number of rotatable bonds is 5. The second-order valence-electron chi connectivity index (χ2n) is 7.86. The van der Waals surface area contributed by atoms with Crippen LogP contribution < -0.4 is 14.9 Å². The summed E-state index contributed by atoms with van der Waals surface area (Å²) in [5.74, 6) is -2.08. The van der Waals surface area contributed by atoms with Crippen molar-refractivity contribution in [3.63, 3.8) is 0 Å². The molecule has 5 atom stereocenters. The average Bonchev–Trinajstić information content (AvgIpc) is 2.80. The molecule has 1 aliphatic rings. The van der Waals surface area contributed by atoms with Crippen molar-refractivity contribution in [1.82, 2.24) is 0 Å². The molecule has 35 heavy (non-hydrogen) atoms. The Morgan fingerprint density at radius 1 is 1.03 bits per heavy atom. The zero-order valence-corrected chi connectivity index (χ0v) is 18.2. The van der Waals surface area contributed by atoms with Gasteiger partial charge in [0.15, 0.2) is 5.76 Å². The highest BCUT2D eigenvalue weighted by atomic mass is 16.7. The molecule has 0 unspecified atom stereocenters. The molecule has 6 N–H and O–H groups in total. The Hall–Kier alpha value is -3.68. The zero-order valence-electron chi connectivity index (χ0n) is 18.2. The smallest absolute Gasteiger partial charge is 0.308 e. The molecule has 0 bridgehead atoms. The number of aromatic hydroxyl groups is 2. The largest absolute Gasteiger partial charge is 0.508 e. The van der Waals surface area contributed by atoms with Crippen LogP contribution in [0.3, 0.4) is 0 Å². The SMILES string of the molecule is CC(=O)Oc1ccc(-c2oc3cc(O)cc(O)c3c(=O)c2O[C@@H]2O[C@H](CO)[C@@H](O)[C@H](O)[C@H]2O)cc1. The maximum absolute atomic E-state index is 13.4. The first-order valence-corrected chi connectivity index (χ1v) is 10.4. The molecule has 0 aliphatic carbocycles. The van der Waals surface area contributed by atoms with Crippen molar-refractivity contribution in [2.45, 2.75) is 37.6 Å². The van der Waals surface area contributed by atoms with Gasteiger partial charge in [0.25, 0.3) is 0 Å². The van der Waals surface area contributed by atoms with E-state index in [4.69, 9.17) is 18.6 Å². The average molecular weight is 490 g/mol. The van der Waals surface area contributed by atoms with E-state index >= 15 is 0 Å². The molecule has 3 aromatic rings. The van der Waals surface area contributed by atoms with Crippen molar-refractivity contribution in [1.29, 1.82) is 0 Å². The quantitative estimate of drug-likeness (QED) is 0.207. The number of hydrogen-bond acceptors (Lipinski definition) is 12. The van der Waals surface area contributed by atoms with E-state index in [9.17, 15) is 40.2 Å². The van der Waals surface area contributed by atoms with Crippen LogP contribution in [-0.2, 0) is 9.53 Å².